The highest BCUT2D eigenvalue weighted by molar-refractivity contribution is 6.12. The van der Waals surface area contributed by atoms with Crippen LogP contribution in [0.3, 0.4) is 0 Å². The molecular formula is C61H49NO. The van der Waals surface area contributed by atoms with Gasteiger partial charge in [0.05, 0.1) is 0 Å². The predicted octanol–water partition coefficient (Wildman–Crippen LogP) is 16.4. The van der Waals surface area contributed by atoms with E-state index >= 15 is 0 Å². The predicted molar refractivity (Wildman–Crippen MR) is 260 cm³/mol. The van der Waals surface area contributed by atoms with Crippen LogP contribution in [0.2, 0.25) is 0 Å². The van der Waals surface area contributed by atoms with Crippen molar-refractivity contribution in [3.05, 3.63) is 198 Å². The van der Waals surface area contributed by atoms with E-state index in [1.807, 2.05) is 0 Å². The molecule has 2 heteroatoms. The van der Waals surface area contributed by atoms with Crippen molar-refractivity contribution < 1.29 is 4.42 Å². The Bertz CT molecular complexity index is 3330. The molecule has 1 spiro atoms. The van der Waals surface area contributed by atoms with Crippen molar-refractivity contribution in [1.82, 2.24) is 0 Å². The monoisotopic (exact) mass is 811 g/mol. The Kier molecular flexibility index (Phi) is 7.38. The van der Waals surface area contributed by atoms with E-state index in [1.165, 1.54) is 98.8 Å². The lowest BCUT2D eigenvalue weighted by Gasteiger charge is -2.61. The van der Waals surface area contributed by atoms with Crippen molar-refractivity contribution >= 4 is 39.0 Å². The highest BCUT2D eigenvalue weighted by Crippen LogP contribution is 2.69. The summed E-state index contributed by atoms with van der Waals surface area (Å²) in [5.41, 5.74) is 21.9. The topological polar surface area (TPSA) is 16.4 Å². The second kappa shape index (κ2) is 13.0. The third-order valence-corrected chi connectivity index (χ3v) is 16.6. The molecule has 0 atom stereocenters. The van der Waals surface area contributed by atoms with Gasteiger partial charge in [-0.15, -0.1) is 0 Å². The van der Waals surface area contributed by atoms with Gasteiger partial charge in [-0.05, 0) is 171 Å². The fourth-order valence-electron chi connectivity index (χ4n) is 14.5. The number of fused-ring (bicyclic) bond motifs is 9. The van der Waals surface area contributed by atoms with Crippen LogP contribution in [-0.2, 0) is 10.8 Å². The molecule has 15 rings (SSSR count). The van der Waals surface area contributed by atoms with Crippen molar-refractivity contribution in [3.63, 3.8) is 0 Å². The zero-order valence-electron chi connectivity index (χ0n) is 35.9. The second-order valence-electron chi connectivity index (χ2n) is 20.1. The maximum atomic E-state index is 6.41. The molecule has 63 heavy (non-hydrogen) atoms. The van der Waals surface area contributed by atoms with E-state index in [1.54, 1.807) is 11.1 Å². The number of benzene rings is 8. The standard InChI is InChI=1S/C61H49NO/c1-60(2)53-23-6-3-18-49(53)51-22-11-21-47(59(51)60)40-14-10-16-44(35-40)62(43-15-9-13-39(34-43)46-20-12-26-57-58(46)52-19-5-8-25-56(52)63-57)45-27-28-50-48-17-4-7-24-54(48)61(55(50)36-45)41-30-37-29-38(32-41)33-42(61)31-37/h3-28,34-38,41-42H,29-33H2,1-2H3. The Hall–Kier alpha value is -6.64. The lowest BCUT2D eigenvalue weighted by atomic mass is 9.43. The zero-order chi connectivity index (χ0) is 41.6. The first-order valence-electron chi connectivity index (χ1n) is 23.3. The van der Waals surface area contributed by atoms with Crippen LogP contribution >= 0.6 is 0 Å². The molecule has 6 aliphatic rings. The number of hydrogen-bond donors (Lipinski definition) is 0. The van der Waals surface area contributed by atoms with E-state index in [9.17, 15) is 0 Å². The molecular weight excluding hydrogens is 763 g/mol. The van der Waals surface area contributed by atoms with Gasteiger partial charge in [0.1, 0.15) is 11.2 Å². The normalized spacial score (nSPS) is 23.0. The molecule has 0 unspecified atom stereocenters. The summed E-state index contributed by atoms with van der Waals surface area (Å²) in [6.07, 6.45) is 6.93. The van der Waals surface area contributed by atoms with E-state index in [4.69, 9.17) is 4.42 Å². The van der Waals surface area contributed by atoms with Crippen molar-refractivity contribution in [2.45, 2.75) is 56.8 Å². The first-order valence-corrected chi connectivity index (χ1v) is 23.3. The van der Waals surface area contributed by atoms with Gasteiger partial charge in [-0.3, -0.25) is 0 Å². The first kappa shape index (κ1) is 35.9. The molecule has 0 radical (unpaired) electrons. The van der Waals surface area contributed by atoms with Gasteiger partial charge in [-0.2, -0.15) is 0 Å². The Morgan fingerprint density at radius 2 is 0.968 bits per heavy atom. The van der Waals surface area contributed by atoms with Gasteiger partial charge in [0.15, 0.2) is 0 Å². The lowest BCUT2D eigenvalue weighted by Crippen LogP contribution is -2.55. The summed E-state index contributed by atoms with van der Waals surface area (Å²) in [6.45, 7) is 4.80. The summed E-state index contributed by atoms with van der Waals surface area (Å²) in [4.78, 5) is 2.55. The average molecular weight is 812 g/mol. The van der Waals surface area contributed by atoms with Crippen LogP contribution in [0.25, 0.3) is 66.4 Å². The van der Waals surface area contributed by atoms with Crippen molar-refractivity contribution in [3.8, 4) is 44.5 Å². The smallest absolute Gasteiger partial charge is 0.136 e. The molecule has 1 heterocycles. The van der Waals surface area contributed by atoms with E-state index in [0.29, 0.717) is 11.8 Å². The summed E-state index contributed by atoms with van der Waals surface area (Å²) < 4.78 is 6.41. The molecule has 4 saturated carbocycles. The maximum Gasteiger partial charge on any atom is 0.136 e. The van der Waals surface area contributed by atoms with Crippen LogP contribution in [0, 0.1) is 23.7 Å². The van der Waals surface area contributed by atoms with Gasteiger partial charge in [-0.25, -0.2) is 0 Å². The number of rotatable bonds is 5. The molecule has 6 aliphatic carbocycles. The van der Waals surface area contributed by atoms with Gasteiger partial charge < -0.3 is 9.32 Å². The molecule has 304 valence electrons. The molecule has 4 bridgehead atoms. The van der Waals surface area contributed by atoms with Crippen molar-refractivity contribution in [2.75, 3.05) is 4.90 Å². The zero-order valence-corrected chi connectivity index (χ0v) is 35.9. The summed E-state index contributed by atoms with van der Waals surface area (Å²) in [7, 11) is 0. The van der Waals surface area contributed by atoms with Crippen LogP contribution in [0.5, 0.6) is 0 Å². The third kappa shape index (κ3) is 4.90. The van der Waals surface area contributed by atoms with E-state index in [2.05, 4.69) is 195 Å². The largest absolute Gasteiger partial charge is 0.456 e. The molecule has 2 nitrogen and oxygen atoms in total. The Balaban J connectivity index is 0.979. The van der Waals surface area contributed by atoms with Crippen LogP contribution in [0.15, 0.2) is 180 Å². The summed E-state index contributed by atoms with van der Waals surface area (Å²) >= 11 is 0. The molecule has 9 aromatic rings. The summed E-state index contributed by atoms with van der Waals surface area (Å²) in [5.74, 6) is 3.19. The van der Waals surface area contributed by atoms with Gasteiger partial charge in [0.2, 0.25) is 0 Å². The fraction of sp³-hybridized carbons (Fsp3) is 0.213. The molecule has 1 aromatic heterocycles. The van der Waals surface area contributed by atoms with Crippen molar-refractivity contribution in [2.24, 2.45) is 23.7 Å². The van der Waals surface area contributed by atoms with E-state index < -0.39 is 0 Å². The highest BCUT2D eigenvalue weighted by atomic mass is 16.3. The average Bonchev–Trinajstić information content (AvgIpc) is 3.92. The number of nitrogens with zero attached hydrogens (tertiary/aromatic N) is 1. The van der Waals surface area contributed by atoms with Gasteiger partial charge in [-0.1, -0.05) is 141 Å². The minimum absolute atomic E-state index is 0.0773. The number of para-hydroxylation sites is 1. The summed E-state index contributed by atoms with van der Waals surface area (Å²) in [5, 5.41) is 2.32. The maximum absolute atomic E-state index is 6.41. The SMILES string of the molecule is CC1(C)c2ccccc2-c2cccc(-c3cccc(N(c4cccc(-c5cccc6oc7ccccc7c56)c4)c4ccc5c(c4)C4(c6ccccc6-5)C5CC6CC(C5)CC4C6)c3)c21. The van der Waals surface area contributed by atoms with E-state index in [0.717, 1.165) is 39.8 Å². The minimum Gasteiger partial charge on any atom is -0.456 e. The minimum atomic E-state index is -0.118. The molecule has 0 N–H and O–H groups in total. The molecule has 0 amide bonds. The van der Waals surface area contributed by atoms with Gasteiger partial charge in [0, 0.05) is 38.7 Å². The van der Waals surface area contributed by atoms with Crippen LogP contribution < -0.4 is 4.90 Å². The van der Waals surface area contributed by atoms with Gasteiger partial charge in [0.25, 0.3) is 0 Å². The van der Waals surface area contributed by atoms with Crippen molar-refractivity contribution in [1.29, 1.82) is 0 Å². The first-order chi connectivity index (χ1) is 30.9. The molecule has 8 aromatic carbocycles. The second-order valence-corrected chi connectivity index (χ2v) is 20.1. The van der Waals surface area contributed by atoms with Gasteiger partial charge >= 0.3 is 0 Å². The highest BCUT2D eigenvalue weighted by Gasteiger charge is 2.61. The van der Waals surface area contributed by atoms with Crippen LogP contribution in [0.4, 0.5) is 17.1 Å². The molecule has 0 aliphatic heterocycles. The molecule has 0 saturated heterocycles. The quantitative estimate of drug-likeness (QED) is 0.172. The molecule has 4 fully saturated rings. The summed E-state index contributed by atoms with van der Waals surface area (Å²) in [6, 6.07) is 66.5. The number of furan rings is 1. The fourth-order valence-corrected chi connectivity index (χ4v) is 14.5. The van der Waals surface area contributed by atoms with E-state index in [-0.39, 0.29) is 10.8 Å². The number of anilines is 3. The Labute approximate surface area is 369 Å². The Morgan fingerprint density at radius 3 is 1.73 bits per heavy atom. The van der Waals surface area contributed by atoms with Crippen LogP contribution in [0.1, 0.15) is 68.2 Å². The lowest BCUT2D eigenvalue weighted by molar-refractivity contribution is -0.0399. The Morgan fingerprint density at radius 1 is 0.429 bits per heavy atom. The number of hydrogen-bond acceptors (Lipinski definition) is 2. The van der Waals surface area contributed by atoms with Crippen LogP contribution in [-0.4, -0.2) is 0 Å². The third-order valence-electron chi connectivity index (χ3n) is 16.6.